The highest BCUT2D eigenvalue weighted by Gasteiger charge is 2.23. The Kier molecular flexibility index (Phi) is 3.81. The van der Waals surface area contributed by atoms with Crippen LogP contribution in [0.4, 0.5) is 4.39 Å². The number of hydrogen-bond acceptors (Lipinski definition) is 4. The first kappa shape index (κ1) is 14.4. The molecule has 4 rings (SSSR count). The summed E-state index contributed by atoms with van der Waals surface area (Å²) in [6, 6.07) is 12.5. The molecule has 2 aromatic heterocycles. The maximum Gasteiger partial charge on any atom is 0.226 e. The number of halogens is 1. The molecule has 1 aliphatic heterocycles. The van der Waals surface area contributed by atoms with Crippen molar-refractivity contribution in [1.29, 1.82) is 0 Å². The molecule has 1 aromatic carbocycles. The first-order valence-electron chi connectivity index (χ1n) is 7.71. The van der Waals surface area contributed by atoms with E-state index >= 15 is 0 Å². The van der Waals surface area contributed by atoms with Gasteiger partial charge in [-0.3, -0.25) is 4.90 Å². The molecule has 0 N–H and O–H groups in total. The minimum Gasteiger partial charge on any atom is -0.441 e. The van der Waals surface area contributed by atoms with Crippen LogP contribution in [0.15, 0.2) is 53.1 Å². The molecular weight excluding hydrogens is 295 g/mol. The quantitative estimate of drug-likeness (QED) is 0.741. The Morgan fingerprint density at radius 1 is 1.22 bits per heavy atom. The van der Waals surface area contributed by atoms with Crippen LogP contribution < -0.4 is 0 Å². The van der Waals surface area contributed by atoms with Crippen molar-refractivity contribution in [2.24, 2.45) is 0 Å². The van der Waals surface area contributed by atoms with Crippen molar-refractivity contribution in [2.45, 2.75) is 12.6 Å². The highest BCUT2D eigenvalue weighted by molar-refractivity contribution is 5.73. The first-order valence-corrected chi connectivity index (χ1v) is 7.71. The van der Waals surface area contributed by atoms with E-state index in [9.17, 15) is 4.39 Å². The Bertz CT molecular complexity index is 784. The van der Waals surface area contributed by atoms with Gasteiger partial charge in [-0.05, 0) is 35.9 Å². The van der Waals surface area contributed by atoms with Gasteiger partial charge in [-0.25, -0.2) is 9.37 Å². The van der Waals surface area contributed by atoms with Crippen molar-refractivity contribution >= 4 is 11.1 Å². The lowest BCUT2D eigenvalue weighted by Crippen LogP contribution is -2.37. The van der Waals surface area contributed by atoms with Crippen LogP contribution in [-0.4, -0.2) is 29.6 Å². The zero-order valence-electron chi connectivity index (χ0n) is 12.6. The van der Waals surface area contributed by atoms with Crippen LogP contribution in [0.2, 0.25) is 0 Å². The van der Waals surface area contributed by atoms with Gasteiger partial charge in [0.2, 0.25) is 5.71 Å². The van der Waals surface area contributed by atoms with E-state index in [0.29, 0.717) is 25.4 Å². The smallest absolute Gasteiger partial charge is 0.226 e. The summed E-state index contributed by atoms with van der Waals surface area (Å²) in [4.78, 5) is 6.48. The number of fused-ring (bicyclic) bond motifs is 1. The fourth-order valence-corrected chi connectivity index (χ4v) is 2.98. The van der Waals surface area contributed by atoms with E-state index in [1.807, 2.05) is 24.3 Å². The molecule has 0 spiro atoms. The summed E-state index contributed by atoms with van der Waals surface area (Å²) in [6.07, 6.45) is 1.62. The Balaban J connectivity index is 1.49. The summed E-state index contributed by atoms with van der Waals surface area (Å²) in [6.45, 7) is 2.87. The number of benzene rings is 1. The standard InChI is InChI=1S/C18H17FN2O2/c19-15-5-1-3-13(9-15)17-12-21(7-8-22-17)11-16-10-14-4-2-6-20-18(14)23-16/h1-6,9-10,17H,7-8,11-12H2. The average molecular weight is 312 g/mol. The Morgan fingerprint density at radius 2 is 2.17 bits per heavy atom. The van der Waals surface area contributed by atoms with Crippen LogP contribution in [0.3, 0.4) is 0 Å². The molecule has 1 fully saturated rings. The van der Waals surface area contributed by atoms with Crippen molar-refractivity contribution in [3.8, 4) is 0 Å². The van der Waals surface area contributed by atoms with Crippen molar-refractivity contribution in [2.75, 3.05) is 19.7 Å². The summed E-state index contributed by atoms with van der Waals surface area (Å²) in [7, 11) is 0. The predicted octanol–water partition coefficient (Wildman–Crippen LogP) is 3.54. The molecule has 0 radical (unpaired) electrons. The van der Waals surface area contributed by atoms with E-state index in [-0.39, 0.29) is 11.9 Å². The number of nitrogens with zero attached hydrogens (tertiary/aromatic N) is 2. The fourth-order valence-electron chi connectivity index (χ4n) is 2.98. The van der Waals surface area contributed by atoms with Gasteiger partial charge in [0, 0.05) is 24.7 Å². The minimum atomic E-state index is -0.230. The van der Waals surface area contributed by atoms with Crippen molar-refractivity contribution in [1.82, 2.24) is 9.88 Å². The Labute approximate surface area is 133 Å². The van der Waals surface area contributed by atoms with Gasteiger partial charge in [0.25, 0.3) is 0 Å². The molecule has 0 aliphatic carbocycles. The molecule has 1 unspecified atom stereocenters. The van der Waals surface area contributed by atoms with E-state index < -0.39 is 0 Å². The van der Waals surface area contributed by atoms with Gasteiger partial charge in [0.1, 0.15) is 11.6 Å². The Morgan fingerprint density at radius 3 is 3.04 bits per heavy atom. The summed E-state index contributed by atoms with van der Waals surface area (Å²) >= 11 is 0. The molecule has 23 heavy (non-hydrogen) atoms. The molecular formula is C18H17FN2O2. The lowest BCUT2D eigenvalue weighted by atomic mass is 10.1. The molecule has 1 saturated heterocycles. The normalized spacial score (nSPS) is 19.3. The molecule has 3 aromatic rings. The number of morpholine rings is 1. The number of rotatable bonds is 3. The van der Waals surface area contributed by atoms with E-state index in [2.05, 4.69) is 9.88 Å². The van der Waals surface area contributed by atoms with Gasteiger partial charge >= 0.3 is 0 Å². The third-order valence-corrected chi connectivity index (χ3v) is 4.10. The summed E-state index contributed by atoms with van der Waals surface area (Å²) in [5.41, 5.74) is 1.54. The fraction of sp³-hybridized carbons (Fsp3) is 0.278. The summed E-state index contributed by atoms with van der Waals surface area (Å²) in [5.74, 6) is 0.658. The van der Waals surface area contributed by atoms with Gasteiger partial charge < -0.3 is 9.15 Å². The lowest BCUT2D eigenvalue weighted by Gasteiger charge is -2.32. The first-order chi connectivity index (χ1) is 11.3. The van der Waals surface area contributed by atoms with Crippen LogP contribution >= 0.6 is 0 Å². The molecule has 1 aliphatic rings. The number of hydrogen-bond donors (Lipinski definition) is 0. The molecule has 0 saturated carbocycles. The second kappa shape index (κ2) is 6.10. The summed E-state index contributed by atoms with van der Waals surface area (Å²) < 4.78 is 25.0. The van der Waals surface area contributed by atoms with Gasteiger partial charge in [-0.15, -0.1) is 0 Å². The van der Waals surface area contributed by atoms with E-state index in [0.717, 1.165) is 23.3 Å². The third kappa shape index (κ3) is 3.11. The minimum absolute atomic E-state index is 0.109. The maximum atomic E-state index is 13.4. The monoisotopic (exact) mass is 312 g/mol. The lowest BCUT2D eigenvalue weighted by molar-refractivity contribution is -0.0347. The zero-order chi connectivity index (χ0) is 15.6. The molecule has 118 valence electrons. The van der Waals surface area contributed by atoms with Gasteiger partial charge in [-0.1, -0.05) is 12.1 Å². The second-order valence-corrected chi connectivity index (χ2v) is 5.76. The SMILES string of the molecule is Fc1cccc(C2CN(Cc3cc4cccnc4o3)CCO2)c1. The van der Waals surface area contributed by atoms with Crippen LogP contribution in [0, 0.1) is 5.82 Å². The van der Waals surface area contributed by atoms with E-state index in [4.69, 9.17) is 9.15 Å². The van der Waals surface area contributed by atoms with Gasteiger partial charge in [0.15, 0.2) is 0 Å². The number of ether oxygens (including phenoxy) is 1. The molecule has 5 heteroatoms. The van der Waals surface area contributed by atoms with Crippen LogP contribution in [-0.2, 0) is 11.3 Å². The van der Waals surface area contributed by atoms with Crippen molar-refractivity contribution in [3.63, 3.8) is 0 Å². The highest BCUT2D eigenvalue weighted by Crippen LogP contribution is 2.25. The molecule has 3 heterocycles. The van der Waals surface area contributed by atoms with Crippen LogP contribution in [0.25, 0.3) is 11.1 Å². The predicted molar refractivity (Wildman–Crippen MR) is 84.4 cm³/mol. The molecule has 4 nitrogen and oxygen atoms in total. The van der Waals surface area contributed by atoms with Crippen molar-refractivity contribution < 1.29 is 13.5 Å². The van der Waals surface area contributed by atoms with Gasteiger partial charge in [0.05, 0.1) is 19.3 Å². The largest absolute Gasteiger partial charge is 0.441 e. The van der Waals surface area contributed by atoms with Crippen LogP contribution in [0.1, 0.15) is 17.4 Å². The van der Waals surface area contributed by atoms with Crippen LogP contribution in [0.5, 0.6) is 0 Å². The highest BCUT2D eigenvalue weighted by atomic mass is 19.1. The average Bonchev–Trinajstić information content (AvgIpc) is 2.97. The zero-order valence-corrected chi connectivity index (χ0v) is 12.6. The Hall–Kier alpha value is -2.24. The maximum absolute atomic E-state index is 13.4. The molecule has 1 atom stereocenters. The number of pyridine rings is 1. The number of aromatic nitrogens is 1. The second-order valence-electron chi connectivity index (χ2n) is 5.76. The molecule has 0 amide bonds. The molecule has 0 bridgehead atoms. The van der Waals surface area contributed by atoms with Gasteiger partial charge in [-0.2, -0.15) is 0 Å². The third-order valence-electron chi connectivity index (χ3n) is 4.10. The van der Waals surface area contributed by atoms with E-state index in [1.54, 1.807) is 18.3 Å². The number of furan rings is 1. The van der Waals surface area contributed by atoms with E-state index in [1.165, 1.54) is 6.07 Å². The van der Waals surface area contributed by atoms with Crippen molar-refractivity contribution in [3.05, 3.63) is 65.8 Å². The topological polar surface area (TPSA) is 38.5 Å². The summed E-state index contributed by atoms with van der Waals surface area (Å²) in [5, 5.41) is 1.01.